The standard InChI is InChI=1S/C29H29BrFNO6/c1-15-25(29(35)38-14-20-4-3-9-37-20)26(18-10-21(30)28(34)24(13-18)36-2)27-22(32-15)11-17(12-23(27)33)16-5-7-19(31)8-6-16/h5-8,10,13,17,20,26,32,34H,3-4,9,11-12,14H2,1-2H3/t17-,20+,26+/m0/s1. The first kappa shape index (κ1) is 26.4. The van der Waals surface area contributed by atoms with Gasteiger partial charge < -0.3 is 24.6 Å². The fourth-order valence-corrected chi connectivity index (χ4v) is 6.01. The number of Topliss-reactive ketones (excluding diaryl/α,β-unsaturated/α-hetero) is 1. The summed E-state index contributed by atoms with van der Waals surface area (Å²) in [7, 11) is 1.44. The fraction of sp³-hybridized carbons (Fsp3) is 0.379. The molecule has 2 aromatic carbocycles. The predicted molar refractivity (Wildman–Crippen MR) is 141 cm³/mol. The molecule has 200 valence electrons. The van der Waals surface area contributed by atoms with Gasteiger partial charge >= 0.3 is 5.97 Å². The van der Waals surface area contributed by atoms with Crippen LogP contribution in [0.3, 0.4) is 0 Å². The lowest BCUT2D eigenvalue weighted by atomic mass is 9.71. The number of ketones is 1. The molecule has 0 aromatic heterocycles. The molecule has 5 rings (SSSR count). The van der Waals surface area contributed by atoms with Gasteiger partial charge in [0.1, 0.15) is 12.4 Å². The van der Waals surface area contributed by atoms with Gasteiger partial charge in [-0.25, -0.2) is 9.18 Å². The minimum atomic E-state index is -0.726. The van der Waals surface area contributed by atoms with Gasteiger partial charge in [-0.05, 0) is 83.4 Å². The summed E-state index contributed by atoms with van der Waals surface area (Å²) in [6, 6.07) is 9.54. The van der Waals surface area contributed by atoms with Gasteiger partial charge in [-0.2, -0.15) is 0 Å². The van der Waals surface area contributed by atoms with Crippen molar-refractivity contribution < 1.29 is 33.3 Å². The van der Waals surface area contributed by atoms with Crippen molar-refractivity contribution in [2.75, 3.05) is 20.3 Å². The lowest BCUT2D eigenvalue weighted by Gasteiger charge is -2.37. The number of phenols is 1. The number of ether oxygens (including phenoxy) is 3. The lowest BCUT2D eigenvalue weighted by molar-refractivity contribution is -0.142. The van der Waals surface area contributed by atoms with Crippen molar-refractivity contribution in [2.45, 2.75) is 50.5 Å². The van der Waals surface area contributed by atoms with E-state index in [4.69, 9.17) is 14.2 Å². The minimum Gasteiger partial charge on any atom is -0.503 e. The summed E-state index contributed by atoms with van der Waals surface area (Å²) in [5.41, 5.74) is 3.60. The first-order valence-electron chi connectivity index (χ1n) is 12.6. The number of hydrogen-bond donors (Lipinski definition) is 2. The van der Waals surface area contributed by atoms with Gasteiger partial charge in [-0.1, -0.05) is 12.1 Å². The molecule has 2 aliphatic heterocycles. The normalized spacial score (nSPS) is 23.3. The monoisotopic (exact) mass is 585 g/mol. The maximum atomic E-state index is 13.8. The Bertz CT molecular complexity index is 1330. The van der Waals surface area contributed by atoms with Crippen LogP contribution in [0.15, 0.2) is 63.4 Å². The largest absolute Gasteiger partial charge is 0.503 e. The van der Waals surface area contributed by atoms with Crippen LogP contribution >= 0.6 is 15.9 Å². The van der Waals surface area contributed by atoms with Crippen LogP contribution in [0.1, 0.15) is 55.6 Å². The van der Waals surface area contributed by atoms with Crippen LogP contribution in [0.2, 0.25) is 0 Å². The molecule has 3 atom stereocenters. The second-order valence-corrected chi connectivity index (χ2v) is 10.7. The van der Waals surface area contributed by atoms with Crippen LogP contribution in [-0.4, -0.2) is 43.3 Å². The number of esters is 1. The number of carbonyl (C=O) groups excluding carboxylic acids is 2. The zero-order valence-corrected chi connectivity index (χ0v) is 22.8. The van der Waals surface area contributed by atoms with E-state index in [1.807, 2.05) is 0 Å². The molecular formula is C29H29BrFNO6. The zero-order valence-electron chi connectivity index (χ0n) is 21.2. The molecule has 2 aromatic rings. The summed E-state index contributed by atoms with van der Waals surface area (Å²) in [6.45, 7) is 2.57. The average molecular weight is 586 g/mol. The highest BCUT2D eigenvalue weighted by atomic mass is 79.9. The molecule has 1 saturated heterocycles. The molecule has 0 saturated carbocycles. The van der Waals surface area contributed by atoms with E-state index in [1.54, 1.807) is 31.2 Å². The van der Waals surface area contributed by atoms with Crippen LogP contribution in [0, 0.1) is 5.82 Å². The summed E-state index contributed by atoms with van der Waals surface area (Å²) >= 11 is 3.37. The number of phenolic OH excluding ortho intramolecular Hbond substituents is 1. The fourth-order valence-electron chi connectivity index (χ4n) is 5.55. The number of nitrogens with one attached hydrogen (secondary N) is 1. The Kier molecular flexibility index (Phi) is 7.59. The number of benzene rings is 2. The van der Waals surface area contributed by atoms with Gasteiger partial charge in [0.25, 0.3) is 0 Å². The van der Waals surface area contributed by atoms with E-state index in [0.717, 1.165) is 24.1 Å². The van der Waals surface area contributed by atoms with E-state index in [-0.39, 0.29) is 48.1 Å². The number of aromatic hydroxyl groups is 1. The van der Waals surface area contributed by atoms with Crippen LogP contribution in [-0.2, 0) is 19.1 Å². The Morgan fingerprint density at radius 3 is 2.66 bits per heavy atom. The van der Waals surface area contributed by atoms with E-state index in [2.05, 4.69) is 21.2 Å². The second kappa shape index (κ2) is 10.9. The second-order valence-electron chi connectivity index (χ2n) is 9.86. The Labute approximate surface area is 228 Å². The molecule has 0 radical (unpaired) electrons. The number of carbonyl (C=O) groups is 2. The van der Waals surface area contributed by atoms with Crippen LogP contribution in [0.25, 0.3) is 0 Å². The van der Waals surface area contributed by atoms with Gasteiger partial charge in [-0.15, -0.1) is 0 Å². The first-order chi connectivity index (χ1) is 18.3. The third kappa shape index (κ3) is 5.09. The third-order valence-electron chi connectivity index (χ3n) is 7.42. The van der Waals surface area contributed by atoms with Crippen molar-refractivity contribution in [1.82, 2.24) is 5.32 Å². The Morgan fingerprint density at radius 2 is 1.97 bits per heavy atom. The molecule has 0 amide bonds. The molecule has 7 nitrogen and oxygen atoms in total. The zero-order chi connectivity index (χ0) is 27.0. The topological polar surface area (TPSA) is 94.1 Å². The number of methoxy groups -OCH3 is 1. The van der Waals surface area contributed by atoms with Gasteiger partial charge in [0.15, 0.2) is 17.3 Å². The number of hydrogen-bond acceptors (Lipinski definition) is 7. The molecule has 0 spiro atoms. The Morgan fingerprint density at radius 1 is 1.21 bits per heavy atom. The summed E-state index contributed by atoms with van der Waals surface area (Å²) in [5.74, 6) is -1.69. The van der Waals surface area contributed by atoms with E-state index in [0.29, 0.717) is 39.9 Å². The molecule has 2 N–H and O–H groups in total. The third-order valence-corrected chi connectivity index (χ3v) is 8.02. The number of rotatable bonds is 6. The van der Waals surface area contributed by atoms with Crippen molar-refractivity contribution in [3.63, 3.8) is 0 Å². The molecule has 0 unspecified atom stereocenters. The summed E-state index contributed by atoms with van der Waals surface area (Å²) < 4.78 is 30.6. The number of allylic oxidation sites excluding steroid dienone is 3. The predicted octanol–water partition coefficient (Wildman–Crippen LogP) is 5.39. The Hall–Kier alpha value is -3.17. The van der Waals surface area contributed by atoms with Gasteiger partial charge in [0.2, 0.25) is 0 Å². The summed E-state index contributed by atoms with van der Waals surface area (Å²) in [6.07, 6.45) is 2.36. The Balaban J connectivity index is 1.55. The van der Waals surface area contributed by atoms with Crippen LogP contribution in [0.5, 0.6) is 11.5 Å². The molecule has 9 heteroatoms. The molecule has 3 aliphatic rings. The molecule has 38 heavy (non-hydrogen) atoms. The van der Waals surface area contributed by atoms with Gasteiger partial charge in [-0.3, -0.25) is 4.79 Å². The van der Waals surface area contributed by atoms with E-state index in [9.17, 15) is 19.1 Å². The quantitative estimate of drug-likeness (QED) is 0.439. The number of halogens is 2. The van der Waals surface area contributed by atoms with E-state index < -0.39 is 11.9 Å². The maximum absolute atomic E-state index is 13.8. The van der Waals surface area contributed by atoms with Crippen LogP contribution in [0.4, 0.5) is 4.39 Å². The highest BCUT2D eigenvalue weighted by Crippen LogP contribution is 2.48. The lowest BCUT2D eigenvalue weighted by Crippen LogP contribution is -2.36. The van der Waals surface area contributed by atoms with Crippen LogP contribution < -0.4 is 10.1 Å². The molecule has 0 bridgehead atoms. The van der Waals surface area contributed by atoms with E-state index >= 15 is 0 Å². The van der Waals surface area contributed by atoms with Gasteiger partial charge in [0.05, 0.1) is 23.3 Å². The van der Waals surface area contributed by atoms with E-state index in [1.165, 1.54) is 19.2 Å². The van der Waals surface area contributed by atoms with Crippen molar-refractivity contribution in [1.29, 1.82) is 0 Å². The van der Waals surface area contributed by atoms with Crippen molar-refractivity contribution in [3.8, 4) is 11.5 Å². The molecular weight excluding hydrogens is 557 g/mol. The first-order valence-corrected chi connectivity index (χ1v) is 13.4. The molecule has 1 fully saturated rings. The highest BCUT2D eigenvalue weighted by molar-refractivity contribution is 9.10. The van der Waals surface area contributed by atoms with Crippen molar-refractivity contribution >= 4 is 27.7 Å². The number of dihydropyridines is 1. The smallest absolute Gasteiger partial charge is 0.336 e. The minimum absolute atomic E-state index is 0.0751. The highest BCUT2D eigenvalue weighted by Gasteiger charge is 2.42. The van der Waals surface area contributed by atoms with Crippen molar-refractivity contribution in [3.05, 3.63) is 80.4 Å². The average Bonchev–Trinajstić information content (AvgIpc) is 3.42. The SMILES string of the molecule is COc1cc([C@@H]2C(C(=O)OC[C@H]3CCCO3)=C(C)NC3=C2C(=O)C[C@@H](c2ccc(F)cc2)C3)cc(Br)c1O. The molecule has 2 heterocycles. The maximum Gasteiger partial charge on any atom is 0.336 e. The summed E-state index contributed by atoms with van der Waals surface area (Å²) in [4.78, 5) is 27.3. The summed E-state index contributed by atoms with van der Waals surface area (Å²) in [5, 5.41) is 13.7. The molecule has 1 aliphatic carbocycles. The van der Waals surface area contributed by atoms with Crippen molar-refractivity contribution in [2.24, 2.45) is 0 Å². The van der Waals surface area contributed by atoms with Gasteiger partial charge in [0, 0.05) is 35.9 Å².